The average molecular weight is 380 g/mol. The van der Waals surface area contributed by atoms with E-state index in [0.29, 0.717) is 19.5 Å². The Morgan fingerprint density at radius 3 is 2.61 bits per heavy atom. The lowest BCUT2D eigenvalue weighted by atomic mass is 9.90. The highest BCUT2D eigenvalue weighted by Gasteiger charge is 2.38. The number of benzene rings is 1. The topological polar surface area (TPSA) is 65.4 Å². The summed E-state index contributed by atoms with van der Waals surface area (Å²) in [5, 5.41) is 13.0. The zero-order valence-corrected chi connectivity index (χ0v) is 15.3. The Morgan fingerprint density at radius 1 is 1.39 bits per heavy atom. The van der Waals surface area contributed by atoms with Gasteiger partial charge in [0.2, 0.25) is 0 Å². The van der Waals surface area contributed by atoms with Gasteiger partial charge in [-0.25, -0.2) is 4.79 Å². The number of nitrogens with one attached hydrogen (secondary N) is 1. The van der Waals surface area contributed by atoms with Crippen LogP contribution in [0.4, 0.5) is 10.5 Å². The predicted octanol–water partition coefficient (Wildman–Crippen LogP) is 4.15. The summed E-state index contributed by atoms with van der Waals surface area (Å²) in [5.74, 6) is 0. The Morgan fingerprint density at radius 2 is 2.04 bits per heavy atom. The highest BCUT2D eigenvalue weighted by atomic mass is 79.9. The average Bonchev–Trinajstić information content (AvgIpc) is 2.48. The van der Waals surface area contributed by atoms with Gasteiger partial charge in [0.15, 0.2) is 0 Å². The molecule has 1 aromatic carbocycles. The van der Waals surface area contributed by atoms with E-state index in [-0.39, 0.29) is 6.09 Å². The van der Waals surface area contributed by atoms with Crippen molar-refractivity contribution in [1.82, 2.24) is 4.90 Å². The van der Waals surface area contributed by atoms with Gasteiger partial charge in [0.05, 0.1) is 12.6 Å². The third-order valence-electron chi connectivity index (χ3n) is 3.59. The minimum absolute atomic E-state index is 0.314. The van der Waals surface area contributed by atoms with Crippen molar-refractivity contribution in [1.29, 1.82) is 5.26 Å². The van der Waals surface area contributed by atoms with Crippen molar-refractivity contribution >= 4 is 27.7 Å². The Balaban J connectivity index is 2.11. The van der Waals surface area contributed by atoms with E-state index in [1.807, 2.05) is 45.0 Å². The van der Waals surface area contributed by atoms with E-state index in [9.17, 15) is 10.1 Å². The molecule has 1 unspecified atom stereocenters. The number of hydrogen-bond acceptors (Lipinski definition) is 4. The molecule has 1 fully saturated rings. The molecular formula is C17H22BrN3O2. The molecule has 23 heavy (non-hydrogen) atoms. The number of piperidine rings is 1. The summed E-state index contributed by atoms with van der Waals surface area (Å²) < 4.78 is 6.40. The normalized spacial score (nSPS) is 21.4. The van der Waals surface area contributed by atoms with Crippen LogP contribution in [0.5, 0.6) is 0 Å². The van der Waals surface area contributed by atoms with Crippen LogP contribution in [0.15, 0.2) is 28.7 Å². The van der Waals surface area contributed by atoms with Gasteiger partial charge in [0.1, 0.15) is 11.1 Å². The molecule has 6 heteroatoms. The summed E-state index contributed by atoms with van der Waals surface area (Å²) in [5.41, 5.74) is -0.466. The molecule has 0 bridgehead atoms. The van der Waals surface area contributed by atoms with E-state index in [4.69, 9.17) is 4.74 Å². The lowest BCUT2D eigenvalue weighted by Crippen LogP contribution is -2.54. The van der Waals surface area contributed by atoms with Crippen molar-refractivity contribution in [3.8, 4) is 6.07 Å². The highest BCUT2D eigenvalue weighted by molar-refractivity contribution is 9.10. The highest BCUT2D eigenvalue weighted by Crippen LogP contribution is 2.27. The third-order valence-corrected chi connectivity index (χ3v) is 4.11. The second-order valence-corrected chi connectivity index (χ2v) is 7.75. The van der Waals surface area contributed by atoms with Crippen LogP contribution in [-0.4, -0.2) is 35.2 Å². The van der Waals surface area contributed by atoms with Gasteiger partial charge in [0, 0.05) is 16.7 Å². The smallest absolute Gasteiger partial charge is 0.410 e. The van der Waals surface area contributed by atoms with Gasteiger partial charge >= 0.3 is 6.09 Å². The molecule has 124 valence electrons. The minimum atomic E-state index is -0.789. The Labute approximate surface area is 145 Å². The summed E-state index contributed by atoms with van der Waals surface area (Å²) in [4.78, 5) is 13.9. The van der Waals surface area contributed by atoms with E-state index >= 15 is 0 Å². The van der Waals surface area contributed by atoms with E-state index in [1.54, 1.807) is 4.90 Å². The van der Waals surface area contributed by atoms with Crippen molar-refractivity contribution in [2.24, 2.45) is 0 Å². The van der Waals surface area contributed by atoms with Crippen LogP contribution in [0.2, 0.25) is 0 Å². The second kappa shape index (κ2) is 6.79. The lowest BCUT2D eigenvalue weighted by molar-refractivity contribution is 0.0181. The van der Waals surface area contributed by atoms with E-state index in [1.165, 1.54) is 0 Å². The minimum Gasteiger partial charge on any atom is -0.444 e. The van der Waals surface area contributed by atoms with E-state index < -0.39 is 11.1 Å². The second-order valence-electron chi connectivity index (χ2n) is 6.83. The number of halogens is 1. The number of nitrogens with zero attached hydrogens (tertiary/aromatic N) is 2. The summed E-state index contributed by atoms with van der Waals surface area (Å²) in [6.07, 6.45) is 1.09. The van der Waals surface area contributed by atoms with Crippen molar-refractivity contribution in [3.05, 3.63) is 28.7 Å². The number of amides is 1. The van der Waals surface area contributed by atoms with Gasteiger partial charge in [-0.15, -0.1) is 0 Å². The number of carbonyl (C=O) groups excluding carboxylic acids is 1. The SMILES string of the molecule is CC(C)(C)OC(=O)N1CCCC(C#N)(Nc2ccc(Br)cc2)C1. The molecule has 0 aromatic heterocycles. The summed E-state index contributed by atoms with van der Waals surface area (Å²) >= 11 is 3.40. The van der Waals surface area contributed by atoms with Gasteiger partial charge in [-0.05, 0) is 57.9 Å². The van der Waals surface area contributed by atoms with Crippen LogP contribution in [-0.2, 0) is 4.74 Å². The van der Waals surface area contributed by atoms with Crippen LogP contribution in [0, 0.1) is 11.3 Å². The van der Waals surface area contributed by atoms with Crippen LogP contribution in [0.1, 0.15) is 33.6 Å². The monoisotopic (exact) mass is 379 g/mol. The molecule has 2 rings (SSSR count). The van der Waals surface area contributed by atoms with Crippen LogP contribution in [0.3, 0.4) is 0 Å². The number of carbonyl (C=O) groups is 1. The molecule has 1 saturated heterocycles. The summed E-state index contributed by atoms with van der Waals surface area (Å²) in [6.45, 7) is 6.44. The molecular weight excluding hydrogens is 358 g/mol. The maximum absolute atomic E-state index is 12.3. The Hall–Kier alpha value is -1.74. The molecule has 0 radical (unpaired) electrons. The molecule has 1 atom stereocenters. The first-order valence-electron chi connectivity index (χ1n) is 7.66. The molecule has 1 N–H and O–H groups in total. The van der Waals surface area contributed by atoms with Gasteiger partial charge in [0.25, 0.3) is 0 Å². The number of likely N-dealkylation sites (tertiary alicyclic amines) is 1. The number of rotatable bonds is 2. The van der Waals surface area contributed by atoms with Crippen LogP contribution >= 0.6 is 15.9 Å². The molecule has 1 aliphatic heterocycles. The number of ether oxygens (including phenoxy) is 1. The number of nitriles is 1. The van der Waals surface area contributed by atoms with Crippen LogP contribution < -0.4 is 5.32 Å². The first kappa shape index (κ1) is 17.6. The van der Waals surface area contributed by atoms with E-state index in [0.717, 1.165) is 16.6 Å². The van der Waals surface area contributed by atoms with Crippen molar-refractivity contribution in [2.75, 3.05) is 18.4 Å². The van der Waals surface area contributed by atoms with Crippen LogP contribution in [0.25, 0.3) is 0 Å². The van der Waals surface area contributed by atoms with Crippen molar-refractivity contribution in [3.63, 3.8) is 0 Å². The fourth-order valence-corrected chi connectivity index (χ4v) is 2.83. The van der Waals surface area contributed by atoms with Gasteiger partial charge < -0.3 is 15.0 Å². The zero-order chi connectivity index (χ0) is 17.1. The fraction of sp³-hybridized carbons (Fsp3) is 0.529. The molecule has 1 heterocycles. The molecule has 1 amide bonds. The zero-order valence-electron chi connectivity index (χ0n) is 13.7. The van der Waals surface area contributed by atoms with Gasteiger partial charge in [-0.2, -0.15) is 5.26 Å². The molecule has 1 aromatic rings. The van der Waals surface area contributed by atoms with Crippen molar-refractivity contribution in [2.45, 2.75) is 44.8 Å². The Bertz CT molecular complexity index is 604. The molecule has 5 nitrogen and oxygen atoms in total. The van der Waals surface area contributed by atoms with Gasteiger partial charge in [-0.1, -0.05) is 15.9 Å². The predicted molar refractivity (Wildman–Crippen MR) is 93.1 cm³/mol. The maximum Gasteiger partial charge on any atom is 0.410 e. The molecule has 0 aliphatic carbocycles. The Kier molecular flexibility index (Phi) is 5.20. The summed E-state index contributed by atoms with van der Waals surface area (Å²) in [6, 6.07) is 10.0. The molecule has 0 saturated carbocycles. The largest absolute Gasteiger partial charge is 0.444 e. The number of anilines is 1. The third kappa shape index (κ3) is 4.87. The molecule has 0 spiro atoms. The van der Waals surface area contributed by atoms with Gasteiger partial charge in [-0.3, -0.25) is 0 Å². The van der Waals surface area contributed by atoms with E-state index in [2.05, 4.69) is 27.3 Å². The maximum atomic E-state index is 12.3. The quantitative estimate of drug-likeness (QED) is 0.837. The first-order valence-corrected chi connectivity index (χ1v) is 8.45. The molecule has 1 aliphatic rings. The standard InChI is InChI=1S/C17H22BrN3O2/c1-16(2,3)23-15(22)21-10-4-9-17(11-19,12-21)20-14-7-5-13(18)6-8-14/h5-8,20H,4,9-10,12H2,1-3H3. The lowest BCUT2D eigenvalue weighted by Gasteiger charge is -2.39. The van der Waals surface area contributed by atoms with Crippen molar-refractivity contribution < 1.29 is 9.53 Å². The first-order chi connectivity index (χ1) is 10.7. The number of hydrogen-bond donors (Lipinski definition) is 1. The fourth-order valence-electron chi connectivity index (χ4n) is 2.57. The summed E-state index contributed by atoms with van der Waals surface area (Å²) in [7, 11) is 0.